The Balaban J connectivity index is 2.05. The quantitative estimate of drug-likeness (QED) is 0.765. The molecule has 1 aliphatic carbocycles. The van der Waals surface area contributed by atoms with E-state index in [1.165, 1.54) is 20.1 Å². The van der Waals surface area contributed by atoms with Crippen LogP contribution in [0.1, 0.15) is 39.0 Å². The number of allylic oxidation sites excluding steroid dienone is 2. The second kappa shape index (κ2) is 4.58. The van der Waals surface area contributed by atoms with Crippen molar-refractivity contribution in [3.05, 3.63) is 34.3 Å². The number of methoxy groups -OCH3 is 1. The third-order valence-electron chi connectivity index (χ3n) is 3.95. The summed E-state index contributed by atoms with van der Waals surface area (Å²) >= 11 is 0. The molecule has 6 nitrogen and oxygen atoms in total. The van der Waals surface area contributed by atoms with Crippen LogP contribution in [-0.4, -0.2) is 35.3 Å². The largest absolute Gasteiger partial charge is 0.492 e. The molecule has 3 rings (SSSR count). The average Bonchev–Trinajstić information content (AvgIpc) is 2.92. The highest BCUT2D eigenvalue weighted by Gasteiger charge is 2.38. The van der Waals surface area contributed by atoms with Crippen LogP contribution in [0.3, 0.4) is 0 Å². The maximum atomic E-state index is 12.3. The summed E-state index contributed by atoms with van der Waals surface area (Å²) in [5.41, 5.74) is 2.43. The molecule has 1 unspecified atom stereocenters. The van der Waals surface area contributed by atoms with Crippen LogP contribution in [0.2, 0.25) is 0 Å². The summed E-state index contributed by atoms with van der Waals surface area (Å²) in [6, 6.07) is 0. The molecular formula is C15H15NO5. The first-order valence-corrected chi connectivity index (χ1v) is 6.68. The lowest BCUT2D eigenvalue weighted by Crippen LogP contribution is -2.23. The Labute approximate surface area is 121 Å². The van der Waals surface area contributed by atoms with E-state index in [1.54, 1.807) is 4.57 Å². The number of fused-ring (bicyclic) bond motifs is 3. The van der Waals surface area contributed by atoms with Crippen molar-refractivity contribution in [2.75, 3.05) is 7.11 Å². The number of carbonyl (C=O) groups excluding carboxylic acids is 3. The number of aromatic nitrogens is 1. The van der Waals surface area contributed by atoms with E-state index < -0.39 is 0 Å². The highest BCUT2D eigenvalue weighted by Crippen LogP contribution is 2.34. The van der Waals surface area contributed by atoms with Crippen molar-refractivity contribution >= 4 is 17.5 Å². The van der Waals surface area contributed by atoms with Gasteiger partial charge in [0.1, 0.15) is 11.8 Å². The zero-order valence-electron chi connectivity index (χ0n) is 12.1. The number of hydrogen-bond acceptors (Lipinski definition) is 5. The van der Waals surface area contributed by atoms with Crippen LogP contribution in [0.4, 0.5) is 0 Å². The van der Waals surface area contributed by atoms with Crippen molar-refractivity contribution < 1.29 is 23.9 Å². The monoisotopic (exact) mass is 289 g/mol. The van der Waals surface area contributed by atoms with Gasteiger partial charge < -0.3 is 14.0 Å². The topological polar surface area (TPSA) is 74.6 Å². The van der Waals surface area contributed by atoms with Crippen molar-refractivity contribution in [2.24, 2.45) is 0 Å². The van der Waals surface area contributed by atoms with Gasteiger partial charge in [0.05, 0.1) is 19.2 Å². The molecule has 0 amide bonds. The average molecular weight is 289 g/mol. The smallest absolute Gasteiger partial charge is 0.302 e. The molecule has 6 heteroatoms. The molecule has 1 atom stereocenters. The number of ketones is 2. The minimum absolute atomic E-state index is 0.0661. The van der Waals surface area contributed by atoms with Gasteiger partial charge in [0.2, 0.25) is 11.6 Å². The summed E-state index contributed by atoms with van der Waals surface area (Å²) in [7, 11) is 1.37. The molecule has 0 spiro atoms. The summed E-state index contributed by atoms with van der Waals surface area (Å²) in [5, 5.41) is 0. The molecule has 110 valence electrons. The van der Waals surface area contributed by atoms with Gasteiger partial charge in [-0.05, 0) is 12.5 Å². The number of ether oxygens (including phenoxy) is 2. The zero-order valence-corrected chi connectivity index (χ0v) is 12.1. The summed E-state index contributed by atoms with van der Waals surface area (Å²) in [4.78, 5) is 35.7. The molecule has 0 bridgehead atoms. The number of esters is 1. The van der Waals surface area contributed by atoms with Crippen molar-refractivity contribution in [3.63, 3.8) is 0 Å². The second-order valence-corrected chi connectivity index (χ2v) is 5.25. The fourth-order valence-electron chi connectivity index (χ4n) is 3.12. The Hall–Kier alpha value is -2.37. The number of rotatable bonds is 2. The first-order chi connectivity index (χ1) is 9.93. The van der Waals surface area contributed by atoms with Crippen LogP contribution in [0, 0.1) is 6.92 Å². The maximum absolute atomic E-state index is 12.3. The molecule has 0 N–H and O–H groups in total. The minimum Gasteiger partial charge on any atom is -0.492 e. The van der Waals surface area contributed by atoms with Crippen LogP contribution in [0.15, 0.2) is 11.8 Å². The van der Waals surface area contributed by atoms with Gasteiger partial charge in [-0.1, -0.05) is 0 Å². The highest BCUT2D eigenvalue weighted by molar-refractivity contribution is 6.24. The molecule has 0 saturated carbocycles. The molecule has 0 saturated heterocycles. The van der Waals surface area contributed by atoms with E-state index in [0.29, 0.717) is 24.2 Å². The van der Waals surface area contributed by atoms with Gasteiger partial charge >= 0.3 is 5.97 Å². The van der Waals surface area contributed by atoms with Gasteiger partial charge in [-0.15, -0.1) is 0 Å². The first-order valence-electron chi connectivity index (χ1n) is 6.68. The van der Waals surface area contributed by atoms with E-state index in [2.05, 4.69) is 0 Å². The predicted molar refractivity (Wildman–Crippen MR) is 72.2 cm³/mol. The van der Waals surface area contributed by atoms with Crippen LogP contribution in [-0.2, 0) is 27.2 Å². The molecular weight excluding hydrogens is 274 g/mol. The van der Waals surface area contributed by atoms with Gasteiger partial charge in [-0.2, -0.15) is 0 Å². The zero-order chi connectivity index (χ0) is 15.3. The summed E-state index contributed by atoms with van der Waals surface area (Å²) in [5.74, 6) is -0.799. The second-order valence-electron chi connectivity index (χ2n) is 5.25. The molecule has 1 aromatic heterocycles. The van der Waals surface area contributed by atoms with Crippen LogP contribution in [0.5, 0.6) is 0 Å². The van der Waals surface area contributed by atoms with Gasteiger partial charge in [0.25, 0.3) is 0 Å². The minimum atomic E-state index is -0.346. The van der Waals surface area contributed by atoms with Crippen molar-refractivity contribution in [1.29, 1.82) is 0 Å². The van der Waals surface area contributed by atoms with Gasteiger partial charge in [-0.25, -0.2) is 0 Å². The maximum Gasteiger partial charge on any atom is 0.302 e. The number of nitrogens with zero attached hydrogens (tertiary/aromatic N) is 1. The van der Waals surface area contributed by atoms with E-state index in [4.69, 9.17) is 9.47 Å². The van der Waals surface area contributed by atoms with E-state index in [0.717, 1.165) is 11.3 Å². The fraction of sp³-hybridized carbons (Fsp3) is 0.400. The number of hydrogen-bond donors (Lipinski definition) is 0. The third-order valence-corrected chi connectivity index (χ3v) is 3.95. The van der Waals surface area contributed by atoms with E-state index in [1.807, 2.05) is 6.92 Å². The molecule has 0 fully saturated rings. The van der Waals surface area contributed by atoms with E-state index in [-0.39, 0.29) is 29.4 Å². The fourth-order valence-corrected chi connectivity index (χ4v) is 3.12. The van der Waals surface area contributed by atoms with Crippen LogP contribution in [0.25, 0.3) is 0 Å². The normalized spacial score (nSPS) is 20.0. The highest BCUT2D eigenvalue weighted by atomic mass is 16.5. The van der Waals surface area contributed by atoms with Crippen molar-refractivity contribution in [2.45, 2.75) is 32.9 Å². The molecule has 1 aromatic rings. The summed E-state index contributed by atoms with van der Waals surface area (Å²) in [6.07, 6.45) is 1.45. The first kappa shape index (κ1) is 13.6. The third kappa shape index (κ3) is 1.90. The predicted octanol–water partition coefficient (Wildman–Crippen LogP) is 1.19. The van der Waals surface area contributed by atoms with Gasteiger partial charge in [0.15, 0.2) is 5.76 Å². The van der Waals surface area contributed by atoms with Gasteiger partial charge in [0, 0.05) is 25.1 Å². The van der Waals surface area contributed by atoms with Crippen molar-refractivity contribution in [1.82, 2.24) is 4.57 Å². The Morgan fingerprint density at radius 3 is 2.71 bits per heavy atom. The lowest BCUT2D eigenvalue weighted by molar-refractivity contribution is -0.146. The Morgan fingerprint density at radius 1 is 1.38 bits per heavy atom. The molecule has 1 aliphatic heterocycles. The molecule has 21 heavy (non-hydrogen) atoms. The lowest BCUT2D eigenvalue weighted by atomic mass is 9.95. The van der Waals surface area contributed by atoms with E-state index >= 15 is 0 Å². The van der Waals surface area contributed by atoms with Crippen molar-refractivity contribution in [3.8, 4) is 0 Å². The van der Waals surface area contributed by atoms with Gasteiger partial charge in [-0.3, -0.25) is 14.4 Å². The SMILES string of the molecule is COC1=CC(=O)c2c(c(C)c3n2CC(OC(C)=O)C3)C1=O. The summed E-state index contributed by atoms with van der Waals surface area (Å²) in [6.45, 7) is 3.57. The molecule has 2 aliphatic rings. The standard InChI is InChI=1S/C15H15NO5/c1-7-10-4-9(21-8(2)17)6-16(10)14-11(18)5-12(20-3)15(19)13(7)14/h5,9H,4,6H2,1-3H3. The molecule has 2 heterocycles. The number of carbonyl (C=O) groups is 3. The van der Waals surface area contributed by atoms with E-state index in [9.17, 15) is 14.4 Å². The van der Waals surface area contributed by atoms with Crippen LogP contribution < -0.4 is 0 Å². The Morgan fingerprint density at radius 2 is 2.10 bits per heavy atom. The number of Topliss-reactive ketones (excluding diaryl/α,β-unsaturated/α-hetero) is 1. The van der Waals surface area contributed by atoms with Crippen LogP contribution >= 0.6 is 0 Å². The molecule has 0 radical (unpaired) electrons. The Kier molecular flexibility index (Phi) is 2.97. The summed E-state index contributed by atoms with van der Waals surface area (Å²) < 4.78 is 12.0. The lowest BCUT2D eigenvalue weighted by Gasteiger charge is -2.15. The Bertz CT molecular complexity index is 710. The molecule has 0 aromatic carbocycles.